The van der Waals surface area contributed by atoms with Crippen molar-refractivity contribution in [2.75, 3.05) is 38.6 Å². The van der Waals surface area contributed by atoms with Gasteiger partial charge in [-0.15, -0.1) is 6.58 Å². The van der Waals surface area contributed by atoms with Gasteiger partial charge in [0.1, 0.15) is 5.76 Å². The number of ketones is 1. The third-order valence-corrected chi connectivity index (χ3v) is 6.23. The van der Waals surface area contributed by atoms with E-state index in [1.165, 1.54) is 14.7 Å². The summed E-state index contributed by atoms with van der Waals surface area (Å²) in [5.74, 6) is -2.40. The maximum Gasteiger partial charge on any atom is 0.296 e. The molecule has 1 spiro atoms. The zero-order valence-corrected chi connectivity index (χ0v) is 18.9. The van der Waals surface area contributed by atoms with Crippen molar-refractivity contribution in [3.8, 4) is 0 Å². The van der Waals surface area contributed by atoms with E-state index in [0.29, 0.717) is 23.2 Å². The Morgan fingerprint density at radius 1 is 1.06 bits per heavy atom. The molecular weight excluding hydrogens is 418 g/mol. The van der Waals surface area contributed by atoms with Gasteiger partial charge in [-0.1, -0.05) is 54.6 Å². The van der Waals surface area contributed by atoms with Gasteiger partial charge >= 0.3 is 0 Å². The summed E-state index contributed by atoms with van der Waals surface area (Å²) in [5, 5.41) is 11.3. The maximum atomic E-state index is 14.1. The molecule has 33 heavy (non-hydrogen) atoms. The Kier molecular flexibility index (Phi) is 5.91. The SMILES string of the molecule is C=CCN1C(=O)C2(C(=C(O)c3ccccc3)C(=O)C(=O)N2CCC[NH+](C)C)c2ccccc21. The van der Waals surface area contributed by atoms with Crippen LogP contribution in [0.1, 0.15) is 17.5 Å². The number of nitrogens with one attached hydrogen (secondary N) is 1. The lowest BCUT2D eigenvalue weighted by atomic mass is 9.82. The van der Waals surface area contributed by atoms with E-state index in [-0.39, 0.29) is 24.4 Å². The molecule has 2 heterocycles. The number of nitrogens with zero attached hydrogens (tertiary/aromatic N) is 2. The Balaban J connectivity index is 2.00. The number of amides is 2. The smallest absolute Gasteiger partial charge is 0.296 e. The lowest BCUT2D eigenvalue weighted by Gasteiger charge is -2.34. The number of benzene rings is 2. The number of aliphatic hydroxyl groups is 1. The van der Waals surface area contributed by atoms with E-state index < -0.39 is 23.1 Å². The van der Waals surface area contributed by atoms with Crippen LogP contribution in [0.5, 0.6) is 0 Å². The number of Topliss-reactive ketones (excluding diaryl/α,β-unsaturated/α-hetero) is 1. The number of aliphatic hydroxyl groups excluding tert-OH is 1. The summed E-state index contributed by atoms with van der Waals surface area (Å²) in [6.45, 7) is 4.94. The van der Waals surface area contributed by atoms with Gasteiger partial charge in [0.25, 0.3) is 17.6 Å². The molecule has 1 unspecified atom stereocenters. The molecule has 2 aliphatic rings. The minimum absolute atomic E-state index is 0.181. The lowest BCUT2D eigenvalue weighted by molar-refractivity contribution is -0.858. The minimum Gasteiger partial charge on any atom is -0.507 e. The van der Waals surface area contributed by atoms with Crippen molar-refractivity contribution in [2.24, 2.45) is 0 Å². The van der Waals surface area contributed by atoms with Crippen LogP contribution in [-0.2, 0) is 19.9 Å². The van der Waals surface area contributed by atoms with Gasteiger partial charge in [0, 0.05) is 30.6 Å². The summed E-state index contributed by atoms with van der Waals surface area (Å²) in [7, 11) is 4.00. The fourth-order valence-electron chi connectivity index (χ4n) is 4.81. The van der Waals surface area contributed by atoms with Crippen LogP contribution in [-0.4, -0.2) is 61.3 Å². The Morgan fingerprint density at radius 3 is 2.39 bits per heavy atom. The molecule has 2 aromatic carbocycles. The highest BCUT2D eigenvalue weighted by Gasteiger charge is 2.66. The van der Waals surface area contributed by atoms with Gasteiger partial charge in [0.15, 0.2) is 5.54 Å². The van der Waals surface area contributed by atoms with Crippen molar-refractivity contribution in [3.05, 3.63) is 84.0 Å². The molecule has 2 amide bonds. The van der Waals surface area contributed by atoms with Crippen molar-refractivity contribution < 1.29 is 24.4 Å². The van der Waals surface area contributed by atoms with Crippen molar-refractivity contribution in [1.82, 2.24) is 4.90 Å². The zero-order chi connectivity index (χ0) is 23.8. The zero-order valence-electron chi connectivity index (χ0n) is 18.9. The van der Waals surface area contributed by atoms with Crippen LogP contribution < -0.4 is 9.80 Å². The first-order valence-corrected chi connectivity index (χ1v) is 11.0. The molecule has 7 nitrogen and oxygen atoms in total. The molecule has 0 aliphatic carbocycles. The number of para-hydroxylation sites is 1. The average molecular weight is 447 g/mol. The van der Waals surface area contributed by atoms with Gasteiger partial charge in [-0.25, -0.2) is 0 Å². The summed E-state index contributed by atoms with van der Waals surface area (Å²) in [4.78, 5) is 44.9. The standard InChI is InChI=1S/C26H27N3O4/c1-4-15-28-20-14-9-8-13-19(20)26(25(28)33)21(22(30)18-11-6-5-7-12-18)23(31)24(32)29(26)17-10-16-27(2)3/h4-9,11-14,30H,1,10,15-17H2,2-3H3/p+1. The summed E-state index contributed by atoms with van der Waals surface area (Å²) < 4.78 is 0. The predicted octanol–water partition coefficient (Wildman–Crippen LogP) is 1.33. The molecule has 0 bridgehead atoms. The van der Waals surface area contributed by atoms with E-state index in [4.69, 9.17) is 0 Å². The summed E-state index contributed by atoms with van der Waals surface area (Å²) in [6.07, 6.45) is 2.20. The first-order valence-electron chi connectivity index (χ1n) is 11.0. The second-order valence-corrected chi connectivity index (χ2v) is 8.62. The van der Waals surface area contributed by atoms with Crippen LogP contribution in [0.15, 0.2) is 72.8 Å². The molecule has 1 atom stereocenters. The molecule has 0 aromatic heterocycles. The second-order valence-electron chi connectivity index (χ2n) is 8.62. The van der Waals surface area contributed by atoms with Crippen LogP contribution in [0, 0.1) is 0 Å². The first-order chi connectivity index (χ1) is 15.9. The van der Waals surface area contributed by atoms with E-state index in [0.717, 1.165) is 6.54 Å². The first kappa shape index (κ1) is 22.5. The number of rotatable bonds is 7. The van der Waals surface area contributed by atoms with Gasteiger partial charge in [-0.2, -0.15) is 0 Å². The van der Waals surface area contributed by atoms with Crippen molar-refractivity contribution in [3.63, 3.8) is 0 Å². The van der Waals surface area contributed by atoms with E-state index >= 15 is 0 Å². The molecular formula is C26H28N3O4+. The highest BCUT2D eigenvalue weighted by molar-refractivity contribution is 6.50. The molecule has 4 rings (SSSR count). The molecule has 0 saturated carbocycles. The number of fused-ring (bicyclic) bond motifs is 2. The van der Waals surface area contributed by atoms with Crippen molar-refractivity contribution in [2.45, 2.75) is 12.0 Å². The lowest BCUT2D eigenvalue weighted by Crippen LogP contribution is -3.05. The number of carbonyl (C=O) groups is 3. The molecule has 2 N–H and O–H groups in total. The van der Waals surface area contributed by atoms with E-state index in [9.17, 15) is 19.5 Å². The number of hydrogen-bond donors (Lipinski definition) is 2. The van der Waals surface area contributed by atoms with Crippen molar-refractivity contribution >= 4 is 29.0 Å². The molecule has 1 fully saturated rings. The van der Waals surface area contributed by atoms with Crippen LogP contribution in [0.3, 0.4) is 0 Å². The summed E-state index contributed by atoms with van der Waals surface area (Å²) >= 11 is 0. The topological polar surface area (TPSA) is 82.4 Å². The fraction of sp³-hybridized carbons (Fsp3) is 0.269. The van der Waals surface area contributed by atoms with Gasteiger partial charge < -0.3 is 19.8 Å². The van der Waals surface area contributed by atoms with Crippen LogP contribution in [0.2, 0.25) is 0 Å². The highest BCUT2D eigenvalue weighted by Crippen LogP contribution is 2.53. The van der Waals surface area contributed by atoms with E-state index in [1.807, 2.05) is 14.1 Å². The maximum absolute atomic E-state index is 14.1. The van der Waals surface area contributed by atoms with Crippen LogP contribution >= 0.6 is 0 Å². The van der Waals surface area contributed by atoms with Gasteiger partial charge in [0.05, 0.1) is 31.9 Å². The molecule has 2 aliphatic heterocycles. The van der Waals surface area contributed by atoms with Gasteiger partial charge in [-0.3, -0.25) is 14.4 Å². The van der Waals surface area contributed by atoms with E-state index in [2.05, 4.69) is 6.58 Å². The quantitative estimate of drug-likeness (QED) is 0.291. The normalized spacial score (nSPS) is 21.4. The molecule has 170 valence electrons. The number of carbonyl (C=O) groups excluding carboxylic acids is 3. The number of anilines is 1. The summed E-state index contributed by atoms with van der Waals surface area (Å²) in [5.41, 5.74) is -0.396. The Morgan fingerprint density at radius 2 is 1.73 bits per heavy atom. The average Bonchev–Trinajstić information content (AvgIpc) is 3.18. The Hall–Kier alpha value is -3.71. The second kappa shape index (κ2) is 8.67. The predicted molar refractivity (Wildman–Crippen MR) is 126 cm³/mol. The number of hydrogen-bond acceptors (Lipinski definition) is 4. The molecule has 2 aromatic rings. The van der Waals surface area contributed by atoms with E-state index in [1.54, 1.807) is 60.7 Å². The molecule has 7 heteroatoms. The van der Waals surface area contributed by atoms with Crippen LogP contribution in [0.4, 0.5) is 5.69 Å². The molecule has 1 saturated heterocycles. The largest absolute Gasteiger partial charge is 0.507 e. The third-order valence-electron chi connectivity index (χ3n) is 6.23. The number of quaternary nitrogens is 1. The van der Waals surface area contributed by atoms with Crippen LogP contribution in [0.25, 0.3) is 5.76 Å². The Labute approximate surface area is 193 Å². The number of likely N-dealkylation sites (tertiary alicyclic amines) is 1. The highest BCUT2D eigenvalue weighted by atomic mass is 16.3. The van der Waals surface area contributed by atoms with Crippen molar-refractivity contribution in [1.29, 1.82) is 0 Å². The van der Waals surface area contributed by atoms with Gasteiger partial charge in [0.2, 0.25) is 0 Å². The monoisotopic (exact) mass is 446 g/mol. The summed E-state index contributed by atoms with van der Waals surface area (Å²) in [6, 6.07) is 15.7. The van der Waals surface area contributed by atoms with Gasteiger partial charge in [-0.05, 0) is 6.07 Å². The fourth-order valence-corrected chi connectivity index (χ4v) is 4.81. The minimum atomic E-state index is -1.71. The molecule has 0 radical (unpaired) electrons. The third kappa shape index (κ3) is 3.36. The Bertz CT molecular complexity index is 1160.